The Labute approximate surface area is 176 Å². The quantitative estimate of drug-likeness (QED) is 0.541. The summed E-state index contributed by atoms with van der Waals surface area (Å²) in [5, 5.41) is 5.02. The summed E-state index contributed by atoms with van der Waals surface area (Å²) in [5.41, 5.74) is 1.93. The number of benzene rings is 2. The fraction of sp³-hybridized carbons (Fsp3) is 0.391. The van der Waals surface area contributed by atoms with E-state index in [4.69, 9.17) is 4.74 Å². The van der Waals surface area contributed by atoms with E-state index in [9.17, 15) is 14.0 Å². The van der Waals surface area contributed by atoms with Crippen molar-refractivity contribution < 1.29 is 18.7 Å². The van der Waals surface area contributed by atoms with E-state index in [0.29, 0.717) is 18.7 Å². The van der Waals surface area contributed by atoms with E-state index < -0.39 is 17.6 Å². The molecule has 30 heavy (non-hydrogen) atoms. The number of nitrogens with zero attached hydrogens (tertiary/aromatic N) is 1. The van der Waals surface area contributed by atoms with Gasteiger partial charge in [0.1, 0.15) is 5.82 Å². The molecule has 0 spiro atoms. The van der Waals surface area contributed by atoms with E-state index >= 15 is 0 Å². The molecule has 0 radical (unpaired) electrons. The van der Waals surface area contributed by atoms with E-state index in [1.165, 1.54) is 11.6 Å². The third kappa shape index (κ3) is 6.37. The van der Waals surface area contributed by atoms with Crippen LogP contribution in [0.15, 0.2) is 48.5 Å². The van der Waals surface area contributed by atoms with Crippen molar-refractivity contribution in [3.05, 3.63) is 65.5 Å². The molecule has 1 saturated heterocycles. The first kappa shape index (κ1) is 21.9. The van der Waals surface area contributed by atoms with Crippen molar-refractivity contribution in [1.82, 2.24) is 10.2 Å². The van der Waals surface area contributed by atoms with Gasteiger partial charge in [0.25, 0.3) is 0 Å². The van der Waals surface area contributed by atoms with Crippen LogP contribution < -0.4 is 10.6 Å². The highest BCUT2D eigenvalue weighted by Gasteiger charge is 2.21. The van der Waals surface area contributed by atoms with Gasteiger partial charge in [-0.1, -0.05) is 36.4 Å². The normalized spacial score (nSPS) is 16.8. The molecule has 0 aliphatic carbocycles. The molecule has 7 heteroatoms. The molecular formula is C23H28FN3O3. The molecular weight excluding hydrogens is 385 g/mol. The first-order chi connectivity index (χ1) is 14.5. The minimum absolute atomic E-state index is 0.0926. The Balaban J connectivity index is 1.33. The summed E-state index contributed by atoms with van der Waals surface area (Å²) in [7, 11) is 0. The lowest BCUT2D eigenvalue weighted by atomic mass is 10.1. The lowest BCUT2D eigenvalue weighted by Crippen LogP contribution is -2.39. The van der Waals surface area contributed by atoms with Crippen molar-refractivity contribution in [1.29, 1.82) is 0 Å². The highest BCUT2D eigenvalue weighted by atomic mass is 19.1. The zero-order valence-electron chi connectivity index (χ0n) is 17.2. The number of hydrogen-bond acceptors (Lipinski definition) is 4. The predicted octanol–water partition coefficient (Wildman–Crippen LogP) is 3.04. The molecule has 0 saturated carbocycles. The first-order valence-electron chi connectivity index (χ1n) is 10.3. The summed E-state index contributed by atoms with van der Waals surface area (Å²) in [5.74, 6) is -1.94. The van der Waals surface area contributed by atoms with Crippen molar-refractivity contribution in [3.63, 3.8) is 0 Å². The van der Waals surface area contributed by atoms with Gasteiger partial charge < -0.3 is 15.4 Å². The number of carbonyl (C=O) groups is 2. The maximum atomic E-state index is 13.5. The second-order valence-corrected chi connectivity index (χ2v) is 7.45. The first-order valence-corrected chi connectivity index (χ1v) is 10.3. The number of morpholine rings is 1. The summed E-state index contributed by atoms with van der Waals surface area (Å²) in [4.78, 5) is 26.2. The van der Waals surface area contributed by atoms with Crippen LogP contribution in [0.3, 0.4) is 0 Å². The van der Waals surface area contributed by atoms with Gasteiger partial charge in [0.2, 0.25) is 0 Å². The van der Waals surface area contributed by atoms with E-state index in [-0.39, 0.29) is 11.8 Å². The molecule has 2 aromatic rings. The molecule has 2 N–H and O–H groups in total. The minimum Gasteiger partial charge on any atom is -0.371 e. The van der Waals surface area contributed by atoms with Gasteiger partial charge in [-0.05, 0) is 49.6 Å². The second kappa shape index (κ2) is 10.8. The van der Waals surface area contributed by atoms with Crippen molar-refractivity contribution >= 4 is 17.5 Å². The number of amides is 2. The van der Waals surface area contributed by atoms with Crippen molar-refractivity contribution in [3.8, 4) is 0 Å². The number of nitrogens with one attached hydrogen (secondary N) is 2. The van der Waals surface area contributed by atoms with Crippen LogP contribution in [0.4, 0.5) is 10.1 Å². The van der Waals surface area contributed by atoms with Gasteiger partial charge in [-0.25, -0.2) is 4.39 Å². The van der Waals surface area contributed by atoms with Crippen molar-refractivity contribution in [2.45, 2.75) is 25.9 Å². The van der Waals surface area contributed by atoms with Crippen LogP contribution in [0.1, 0.15) is 30.1 Å². The predicted molar refractivity (Wildman–Crippen MR) is 114 cm³/mol. The van der Waals surface area contributed by atoms with Crippen LogP contribution in [-0.2, 0) is 14.3 Å². The lowest BCUT2D eigenvalue weighted by Gasteiger charge is -2.33. The molecule has 6 nitrogen and oxygen atoms in total. The number of hydrogen-bond donors (Lipinski definition) is 2. The van der Waals surface area contributed by atoms with Crippen LogP contribution >= 0.6 is 0 Å². The van der Waals surface area contributed by atoms with Gasteiger partial charge in [-0.2, -0.15) is 0 Å². The van der Waals surface area contributed by atoms with Crippen LogP contribution in [0.25, 0.3) is 0 Å². The average molecular weight is 413 g/mol. The van der Waals surface area contributed by atoms with Gasteiger partial charge >= 0.3 is 11.8 Å². The molecule has 1 aliphatic rings. The minimum atomic E-state index is -0.794. The van der Waals surface area contributed by atoms with E-state index in [1.54, 1.807) is 19.1 Å². The largest absolute Gasteiger partial charge is 0.371 e. The SMILES string of the molecule is Cc1ccc(NC(=O)C(=O)NCCCCN2CCOC(c3ccccc3)C2)cc1F. The molecule has 1 fully saturated rings. The number of aryl methyl sites for hydroxylation is 1. The topological polar surface area (TPSA) is 70.7 Å². The zero-order valence-corrected chi connectivity index (χ0v) is 17.2. The molecule has 1 atom stereocenters. The Morgan fingerprint density at radius 3 is 2.70 bits per heavy atom. The molecule has 0 aromatic heterocycles. The standard InChI is InChI=1S/C23H28FN3O3/c1-17-9-10-19(15-20(17)24)26-23(29)22(28)25-11-5-6-12-27-13-14-30-21(16-27)18-7-3-2-4-8-18/h2-4,7-10,15,21H,5-6,11-14,16H2,1H3,(H,25,28)(H,26,29). The van der Waals surface area contributed by atoms with Gasteiger partial charge in [0.15, 0.2) is 0 Å². The monoisotopic (exact) mass is 413 g/mol. The van der Waals surface area contributed by atoms with E-state index in [1.807, 2.05) is 18.2 Å². The molecule has 2 amide bonds. The van der Waals surface area contributed by atoms with Gasteiger partial charge in [0.05, 0.1) is 12.7 Å². The molecule has 1 heterocycles. The van der Waals surface area contributed by atoms with E-state index in [0.717, 1.165) is 32.5 Å². The second-order valence-electron chi connectivity index (χ2n) is 7.45. The third-order valence-corrected chi connectivity index (χ3v) is 5.14. The highest BCUT2D eigenvalue weighted by molar-refractivity contribution is 6.39. The summed E-state index contributed by atoms with van der Waals surface area (Å²) in [6.45, 7) is 5.41. The molecule has 3 rings (SSSR count). The summed E-state index contributed by atoms with van der Waals surface area (Å²) in [6, 6.07) is 14.5. The number of carbonyl (C=O) groups excluding carboxylic acids is 2. The summed E-state index contributed by atoms with van der Waals surface area (Å²) < 4.78 is 19.4. The summed E-state index contributed by atoms with van der Waals surface area (Å²) in [6.07, 6.45) is 1.77. The molecule has 2 aromatic carbocycles. The number of halogens is 1. The van der Waals surface area contributed by atoms with Crippen molar-refractivity contribution in [2.24, 2.45) is 0 Å². The van der Waals surface area contributed by atoms with Crippen LogP contribution in [-0.4, -0.2) is 49.5 Å². The number of anilines is 1. The smallest absolute Gasteiger partial charge is 0.313 e. The fourth-order valence-electron chi connectivity index (χ4n) is 3.38. The molecule has 1 aliphatic heterocycles. The average Bonchev–Trinajstić information content (AvgIpc) is 2.76. The number of ether oxygens (including phenoxy) is 1. The Morgan fingerprint density at radius 2 is 1.93 bits per heavy atom. The number of unbranched alkanes of at least 4 members (excludes halogenated alkanes) is 1. The maximum Gasteiger partial charge on any atom is 0.313 e. The summed E-state index contributed by atoms with van der Waals surface area (Å²) >= 11 is 0. The lowest BCUT2D eigenvalue weighted by molar-refractivity contribution is -0.136. The van der Waals surface area contributed by atoms with Gasteiger partial charge in [0, 0.05) is 25.3 Å². The number of rotatable bonds is 7. The zero-order chi connectivity index (χ0) is 21.3. The highest BCUT2D eigenvalue weighted by Crippen LogP contribution is 2.22. The van der Waals surface area contributed by atoms with E-state index in [2.05, 4.69) is 27.7 Å². The molecule has 160 valence electrons. The third-order valence-electron chi connectivity index (χ3n) is 5.14. The van der Waals surface area contributed by atoms with Gasteiger partial charge in [-0.3, -0.25) is 14.5 Å². The maximum absolute atomic E-state index is 13.5. The van der Waals surface area contributed by atoms with Crippen LogP contribution in [0.2, 0.25) is 0 Å². The van der Waals surface area contributed by atoms with Gasteiger partial charge in [-0.15, -0.1) is 0 Å². The Bertz CT molecular complexity index is 860. The van der Waals surface area contributed by atoms with Crippen molar-refractivity contribution in [2.75, 3.05) is 38.1 Å². The molecule has 1 unspecified atom stereocenters. The van der Waals surface area contributed by atoms with Crippen LogP contribution in [0, 0.1) is 12.7 Å². The fourth-order valence-corrected chi connectivity index (χ4v) is 3.38. The Hall–Kier alpha value is -2.77. The Morgan fingerprint density at radius 1 is 1.13 bits per heavy atom. The van der Waals surface area contributed by atoms with Crippen LogP contribution in [0.5, 0.6) is 0 Å². The Kier molecular flexibility index (Phi) is 7.93. The molecule has 0 bridgehead atoms.